The second kappa shape index (κ2) is 13.0. The first kappa shape index (κ1) is 29.5. The molecular formula is C23H30N2O10S2. The summed E-state index contributed by atoms with van der Waals surface area (Å²) in [5.74, 6) is 2.23. The van der Waals surface area contributed by atoms with Crippen LogP contribution in [0.5, 0.6) is 34.5 Å². The predicted molar refractivity (Wildman–Crippen MR) is 139 cm³/mol. The number of rotatable bonds is 14. The van der Waals surface area contributed by atoms with Gasteiger partial charge in [-0.05, 0) is 47.5 Å². The molecule has 0 bridgehead atoms. The third-order valence-corrected chi connectivity index (χ3v) is 8.20. The van der Waals surface area contributed by atoms with Gasteiger partial charge in [-0.1, -0.05) is 0 Å². The quantitative estimate of drug-likeness (QED) is 0.353. The van der Waals surface area contributed by atoms with Gasteiger partial charge in [-0.3, -0.25) is 9.44 Å². The predicted octanol–water partition coefficient (Wildman–Crippen LogP) is 2.18. The van der Waals surface area contributed by atoms with E-state index in [1.54, 1.807) is 24.3 Å². The highest BCUT2D eigenvalue weighted by molar-refractivity contribution is 8.06. The van der Waals surface area contributed by atoms with Gasteiger partial charge in [0, 0.05) is 12.4 Å². The molecular weight excluding hydrogens is 528 g/mol. The van der Waals surface area contributed by atoms with Gasteiger partial charge in [-0.25, -0.2) is 16.8 Å². The molecule has 2 aromatic rings. The van der Waals surface area contributed by atoms with E-state index >= 15 is 0 Å². The van der Waals surface area contributed by atoms with Gasteiger partial charge in [0.25, 0.3) is 0 Å². The van der Waals surface area contributed by atoms with E-state index in [-0.39, 0.29) is 0 Å². The second-order valence-electron chi connectivity index (χ2n) is 7.17. The summed E-state index contributed by atoms with van der Waals surface area (Å²) in [6, 6.07) is 6.38. The van der Waals surface area contributed by atoms with E-state index in [2.05, 4.69) is 9.44 Å². The molecule has 2 N–H and O–H groups in total. The molecule has 0 radical (unpaired) electrons. The first-order valence-corrected chi connectivity index (χ1v) is 13.8. The molecule has 0 fully saturated rings. The summed E-state index contributed by atoms with van der Waals surface area (Å²) in [6.07, 6.45) is 5.01. The average molecular weight is 559 g/mol. The SMILES string of the molecule is COc1cc(C=CNS(=O)(=O)CS(=O)(=O)NC=Cc2cc(OC)c(OC)c(OC)c2)cc(OC)c1OC. The number of hydrogen-bond donors (Lipinski definition) is 2. The molecule has 0 heterocycles. The molecule has 12 nitrogen and oxygen atoms in total. The molecule has 2 rings (SSSR count). The van der Waals surface area contributed by atoms with Crippen LogP contribution in [0.2, 0.25) is 0 Å². The van der Waals surface area contributed by atoms with E-state index in [0.717, 1.165) is 12.4 Å². The minimum absolute atomic E-state index is 0.370. The fraction of sp³-hybridized carbons (Fsp3) is 0.304. The molecule has 0 spiro atoms. The number of sulfonamides is 2. The minimum atomic E-state index is -4.24. The van der Waals surface area contributed by atoms with Gasteiger partial charge in [0.2, 0.25) is 31.5 Å². The fourth-order valence-corrected chi connectivity index (χ4v) is 5.86. The molecule has 37 heavy (non-hydrogen) atoms. The lowest BCUT2D eigenvalue weighted by Crippen LogP contribution is -2.32. The van der Waals surface area contributed by atoms with Crippen molar-refractivity contribution in [2.75, 3.05) is 47.7 Å². The maximum atomic E-state index is 12.3. The van der Waals surface area contributed by atoms with Gasteiger partial charge >= 0.3 is 0 Å². The standard InChI is InChI=1S/C23H30N2O10S2/c1-30-18-11-16(12-19(31-2)22(18)34-5)7-9-24-36(26,27)15-37(28,29)25-10-8-17-13-20(32-3)23(35-6)21(14-17)33-4/h7-14,24-25H,15H2,1-6H3. The number of nitrogens with one attached hydrogen (secondary N) is 2. The zero-order valence-electron chi connectivity index (χ0n) is 21.2. The van der Waals surface area contributed by atoms with Gasteiger partial charge in [0.05, 0.1) is 42.7 Å². The van der Waals surface area contributed by atoms with Gasteiger partial charge in [0.1, 0.15) is 0 Å². The third-order valence-electron chi connectivity index (χ3n) is 4.73. The molecule has 2 aromatic carbocycles. The van der Waals surface area contributed by atoms with Crippen LogP contribution in [0.3, 0.4) is 0 Å². The minimum Gasteiger partial charge on any atom is -0.493 e. The zero-order chi connectivity index (χ0) is 27.6. The van der Waals surface area contributed by atoms with Crippen LogP contribution in [-0.2, 0) is 20.0 Å². The molecule has 0 saturated heterocycles. The Kier molecular flexibility index (Phi) is 10.3. The Bertz CT molecular complexity index is 1200. The Labute approximate surface area is 216 Å². The lowest BCUT2D eigenvalue weighted by molar-refractivity contribution is 0.324. The van der Waals surface area contributed by atoms with Gasteiger partial charge in [-0.2, -0.15) is 0 Å². The van der Waals surface area contributed by atoms with E-state index in [1.807, 2.05) is 0 Å². The Morgan fingerprint density at radius 3 is 1.11 bits per heavy atom. The van der Waals surface area contributed by atoms with Crippen LogP contribution in [-0.4, -0.2) is 64.6 Å². The highest BCUT2D eigenvalue weighted by atomic mass is 32.3. The first-order chi connectivity index (χ1) is 17.5. The van der Waals surface area contributed by atoms with Crippen LogP contribution in [0, 0.1) is 0 Å². The highest BCUT2D eigenvalue weighted by Crippen LogP contribution is 2.39. The van der Waals surface area contributed by atoms with Gasteiger partial charge in [-0.15, -0.1) is 0 Å². The topological polar surface area (TPSA) is 148 Å². The van der Waals surface area contributed by atoms with Gasteiger partial charge < -0.3 is 28.4 Å². The van der Waals surface area contributed by atoms with E-state index in [1.165, 1.54) is 54.8 Å². The summed E-state index contributed by atoms with van der Waals surface area (Å²) in [4.78, 5) is 0. The lowest BCUT2D eigenvalue weighted by atomic mass is 10.2. The monoisotopic (exact) mass is 558 g/mol. The van der Waals surface area contributed by atoms with Crippen LogP contribution in [0.4, 0.5) is 0 Å². The van der Waals surface area contributed by atoms with Crippen molar-refractivity contribution < 1.29 is 45.3 Å². The van der Waals surface area contributed by atoms with Gasteiger partial charge in [0.15, 0.2) is 28.1 Å². The van der Waals surface area contributed by atoms with Crippen molar-refractivity contribution >= 4 is 32.2 Å². The molecule has 0 aliphatic rings. The summed E-state index contributed by atoms with van der Waals surface area (Å²) in [5, 5.41) is -1.21. The third kappa shape index (κ3) is 8.11. The maximum Gasteiger partial charge on any atom is 0.248 e. The van der Waals surface area contributed by atoms with Crippen LogP contribution in [0.1, 0.15) is 11.1 Å². The van der Waals surface area contributed by atoms with E-state index in [4.69, 9.17) is 28.4 Å². The van der Waals surface area contributed by atoms with Crippen molar-refractivity contribution in [3.8, 4) is 34.5 Å². The molecule has 0 saturated carbocycles. The lowest BCUT2D eigenvalue weighted by Gasteiger charge is -2.13. The molecule has 14 heteroatoms. The van der Waals surface area contributed by atoms with Crippen molar-refractivity contribution in [1.82, 2.24) is 9.44 Å². The summed E-state index contributed by atoms with van der Waals surface area (Å²) in [7, 11) is 0.209. The van der Waals surface area contributed by atoms with Crippen LogP contribution in [0.15, 0.2) is 36.7 Å². The fourth-order valence-electron chi connectivity index (χ4n) is 3.14. The number of methoxy groups -OCH3 is 6. The molecule has 0 aromatic heterocycles. The normalized spacial score (nSPS) is 11.8. The van der Waals surface area contributed by atoms with Crippen molar-refractivity contribution in [2.45, 2.75) is 0 Å². The zero-order valence-corrected chi connectivity index (χ0v) is 22.9. The molecule has 0 aliphatic heterocycles. The average Bonchev–Trinajstić information content (AvgIpc) is 2.86. The first-order valence-electron chi connectivity index (χ1n) is 10.5. The second-order valence-corrected chi connectivity index (χ2v) is 11.0. The van der Waals surface area contributed by atoms with Crippen LogP contribution < -0.4 is 37.9 Å². The van der Waals surface area contributed by atoms with Crippen molar-refractivity contribution in [3.05, 3.63) is 47.8 Å². The van der Waals surface area contributed by atoms with Crippen LogP contribution >= 0.6 is 0 Å². The van der Waals surface area contributed by atoms with Crippen molar-refractivity contribution in [3.63, 3.8) is 0 Å². The van der Waals surface area contributed by atoms with Crippen LogP contribution in [0.25, 0.3) is 12.2 Å². The summed E-state index contributed by atoms with van der Waals surface area (Å²) in [6.45, 7) is 0. The van der Waals surface area contributed by atoms with Crippen molar-refractivity contribution in [1.29, 1.82) is 0 Å². The molecule has 0 atom stereocenters. The summed E-state index contributed by atoms with van der Waals surface area (Å²) < 4.78 is 85.0. The summed E-state index contributed by atoms with van der Waals surface area (Å²) in [5.41, 5.74) is 1.04. The summed E-state index contributed by atoms with van der Waals surface area (Å²) >= 11 is 0. The van der Waals surface area contributed by atoms with E-state index in [0.29, 0.717) is 45.6 Å². The molecule has 0 aliphatic carbocycles. The Hall–Kier alpha value is -3.78. The number of ether oxygens (including phenoxy) is 6. The van der Waals surface area contributed by atoms with Crippen molar-refractivity contribution in [2.24, 2.45) is 0 Å². The Morgan fingerprint density at radius 2 is 0.865 bits per heavy atom. The van der Waals surface area contributed by atoms with E-state index < -0.39 is 25.1 Å². The molecule has 204 valence electrons. The number of hydrogen-bond acceptors (Lipinski definition) is 10. The van der Waals surface area contributed by atoms with E-state index in [9.17, 15) is 16.8 Å². The highest BCUT2D eigenvalue weighted by Gasteiger charge is 2.20. The number of benzene rings is 2. The smallest absolute Gasteiger partial charge is 0.248 e. The molecule has 0 amide bonds. The Balaban J connectivity index is 2.09. The molecule has 0 unspecified atom stereocenters. The maximum absolute atomic E-state index is 12.3. The largest absolute Gasteiger partial charge is 0.493 e. The Morgan fingerprint density at radius 1 is 0.568 bits per heavy atom.